The van der Waals surface area contributed by atoms with Gasteiger partial charge in [-0.2, -0.15) is 5.10 Å². The molecule has 0 bridgehead atoms. The second-order valence-corrected chi connectivity index (χ2v) is 4.96. The summed E-state index contributed by atoms with van der Waals surface area (Å²) in [6, 6.07) is 3.08. The van der Waals surface area contributed by atoms with E-state index in [1.807, 2.05) is 0 Å². The predicted molar refractivity (Wildman–Crippen MR) is 67.7 cm³/mol. The van der Waals surface area contributed by atoms with Gasteiger partial charge < -0.3 is 10.4 Å². The number of aliphatic hydroxyl groups excluding tert-OH is 1. The highest BCUT2D eigenvalue weighted by Gasteiger charge is 2.26. The monoisotopic (exact) mass is 237 g/mol. The normalized spacial score (nSPS) is 24.0. The van der Waals surface area contributed by atoms with E-state index >= 15 is 0 Å². The maximum atomic E-state index is 9.20. The number of nitrogens with one attached hydrogen (secondary N) is 1. The van der Waals surface area contributed by atoms with E-state index < -0.39 is 0 Å². The van der Waals surface area contributed by atoms with Crippen LogP contribution in [-0.2, 0) is 6.54 Å². The van der Waals surface area contributed by atoms with E-state index in [1.165, 1.54) is 0 Å². The summed E-state index contributed by atoms with van der Waals surface area (Å²) in [7, 11) is 0. The molecule has 4 nitrogen and oxygen atoms in total. The third-order valence-corrected chi connectivity index (χ3v) is 3.67. The molecule has 1 saturated carbocycles. The molecule has 0 spiro atoms. The van der Waals surface area contributed by atoms with E-state index in [2.05, 4.69) is 41.2 Å². The Labute approximate surface area is 103 Å². The van der Waals surface area contributed by atoms with Gasteiger partial charge >= 0.3 is 0 Å². The van der Waals surface area contributed by atoms with Crippen LogP contribution in [0.2, 0.25) is 0 Å². The fraction of sp³-hybridized carbons (Fsp3) is 0.769. The molecule has 0 amide bonds. The lowest BCUT2D eigenvalue weighted by molar-refractivity contribution is 0.0617. The Morgan fingerprint density at radius 1 is 1.47 bits per heavy atom. The highest BCUT2D eigenvalue weighted by atomic mass is 16.3. The van der Waals surface area contributed by atoms with E-state index in [0.717, 1.165) is 37.9 Å². The van der Waals surface area contributed by atoms with E-state index in [-0.39, 0.29) is 6.10 Å². The highest BCUT2D eigenvalue weighted by Crippen LogP contribution is 2.20. The molecule has 1 heterocycles. The molecule has 0 saturated heterocycles. The fourth-order valence-corrected chi connectivity index (χ4v) is 2.34. The second-order valence-electron chi connectivity index (χ2n) is 4.96. The van der Waals surface area contributed by atoms with Gasteiger partial charge in [-0.05, 0) is 31.7 Å². The third-order valence-electron chi connectivity index (χ3n) is 3.67. The van der Waals surface area contributed by atoms with Crippen molar-refractivity contribution in [1.29, 1.82) is 0 Å². The van der Waals surface area contributed by atoms with Crippen LogP contribution in [0.4, 0.5) is 0 Å². The summed E-state index contributed by atoms with van der Waals surface area (Å²) in [4.78, 5) is 0. The molecule has 0 aliphatic heterocycles. The Bertz CT molecular complexity index is 340. The number of aliphatic hydroxyl groups is 1. The van der Waals surface area contributed by atoms with Crippen molar-refractivity contribution in [3.63, 3.8) is 0 Å². The minimum atomic E-state index is -0.0883. The molecule has 0 radical (unpaired) electrons. The standard InChI is InChI=1S/C13H23N3O/c1-3-12(4-2)16-6-5-10(15-16)9-14-11-7-13(17)8-11/h5-6,11-14,17H,3-4,7-9H2,1-2H3. The molecule has 0 atom stereocenters. The Hall–Kier alpha value is -0.870. The van der Waals surface area contributed by atoms with E-state index in [4.69, 9.17) is 0 Å². The van der Waals surface area contributed by atoms with Crippen LogP contribution in [0.5, 0.6) is 0 Å². The van der Waals surface area contributed by atoms with Gasteiger partial charge in [0.15, 0.2) is 0 Å². The van der Waals surface area contributed by atoms with Gasteiger partial charge in [0.05, 0.1) is 17.8 Å². The molecule has 1 fully saturated rings. The number of nitrogens with zero attached hydrogens (tertiary/aromatic N) is 2. The molecular weight excluding hydrogens is 214 g/mol. The van der Waals surface area contributed by atoms with Gasteiger partial charge in [-0.25, -0.2) is 0 Å². The first-order valence-electron chi connectivity index (χ1n) is 6.68. The average molecular weight is 237 g/mol. The molecule has 17 heavy (non-hydrogen) atoms. The van der Waals surface area contributed by atoms with Crippen molar-refractivity contribution in [1.82, 2.24) is 15.1 Å². The topological polar surface area (TPSA) is 50.1 Å². The van der Waals surface area contributed by atoms with Crippen molar-refractivity contribution >= 4 is 0 Å². The predicted octanol–water partition coefficient (Wildman–Crippen LogP) is 1.86. The molecule has 96 valence electrons. The molecule has 1 aliphatic rings. The number of hydrogen-bond donors (Lipinski definition) is 2. The Balaban J connectivity index is 1.81. The molecular formula is C13H23N3O. The number of aromatic nitrogens is 2. The van der Waals surface area contributed by atoms with Crippen molar-refractivity contribution in [2.45, 2.75) is 64.3 Å². The average Bonchev–Trinajstić information content (AvgIpc) is 2.73. The van der Waals surface area contributed by atoms with Gasteiger partial charge in [-0.15, -0.1) is 0 Å². The Morgan fingerprint density at radius 3 is 2.76 bits per heavy atom. The van der Waals surface area contributed by atoms with Gasteiger partial charge in [0.2, 0.25) is 0 Å². The smallest absolute Gasteiger partial charge is 0.0762 e. The quantitative estimate of drug-likeness (QED) is 0.794. The second kappa shape index (κ2) is 5.65. The lowest BCUT2D eigenvalue weighted by Gasteiger charge is -2.31. The van der Waals surface area contributed by atoms with Crippen molar-refractivity contribution in [3.8, 4) is 0 Å². The third kappa shape index (κ3) is 3.07. The summed E-state index contributed by atoms with van der Waals surface area (Å²) < 4.78 is 2.08. The van der Waals surface area contributed by atoms with Crippen molar-refractivity contribution in [2.75, 3.05) is 0 Å². The molecule has 1 aromatic rings. The first-order chi connectivity index (χ1) is 8.22. The summed E-state index contributed by atoms with van der Waals surface area (Å²) in [6.07, 6.45) is 6.00. The van der Waals surface area contributed by atoms with Gasteiger partial charge in [0.1, 0.15) is 0 Å². The number of hydrogen-bond acceptors (Lipinski definition) is 3. The summed E-state index contributed by atoms with van der Waals surface area (Å²) in [5, 5.41) is 17.2. The van der Waals surface area contributed by atoms with Crippen molar-refractivity contribution in [2.24, 2.45) is 0 Å². The lowest BCUT2D eigenvalue weighted by atomic mass is 9.89. The first-order valence-corrected chi connectivity index (χ1v) is 6.68. The SMILES string of the molecule is CCC(CC)n1ccc(CNC2CC(O)C2)n1. The fourth-order valence-electron chi connectivity index (χ4n) is 2.34. The van der Waals surface area contributed by atoms with Crippen LogP contribution in [-0.4, -0.2) is 27.0 Å². The van der Waals surface area contributed by atoms with Crippen LogP contribution in [0.25, 0.3) is 0 Å². The number of rotatable bonds is 6. The molecule has 2 N–H and O–H groups in total. The van der Waals surface area contributed by atoms with Gasteiger partial charge in [-0.3, -0.25) is 4.68 Å². The summed E-state index contributed by atoms with van der Waals surface area (Å²) in [5.74, 6) is 0. The van der Waals surface area contributed by atoms with Crippen LogP contribution in [0.1, 0.15) is 51.3 Å². The summed E-state index contributed by atoms with van der Waals surface area (Å²) in [6.45, 7) is 5.21. The van der Waals surface area contributed by atoms with Crippen LogP contribution in [0.3, 0.4) is 0 Å². The molecule has 4 heteroatoms. The maximum Gasteiger partial charge on any atom is 0.0762 e. The molecule has 0 unspecified atom stereocenters. The minimum Gasteiger partial charge on any atom is -0.393 e. The van der Waals surface area contributed by atoms with Gasteiger partial charge in [-0.1, -0.05) is 13.8 Å². The summed E-state index contributed by atoms with van der Waals surface area (Å²) in [5.41, 5.74) is 1.10. The largest absolute Gasteiger partial charge is 0.393 e. The lowest BCUT2D eigenvalue weighted by Crippen LogP contribution is -2.43. The zero-order valence-corrected chi connectivity index (χ0v) is 10.8. The molecule has 2 rings (SSSR count). The Kier molecular flexibility index (Phi) is 4.18. The molecule has 1 aliphatic carbocycles. The van der Waals surface area contributed by atoms with Crippen molar-refractivity contribution < 1.29 is 5.11 Å². The zero-order valence-electron chi connectivity index (χ0n) is 10.8. The highest BCUT2D eigenvalue weighted by molar-refractivity contribution is 5.00. The zero-order chi connectivity index (χ0) is 12.3. The van der Waals surface area contributed by atoms with E-state index in [9.17, 15) is 5.11 Å². The van der Waals surface area contributed by atoms with Crippen molar-refractivity contribution in [3.05, 3.63) is 18.0 Å². The van der Waals surface area contributed by atoms with Crippen LogP contribution < -0.4 is 5.32 Å². The Morgan fingerprint density at radius 2 is 2.18 bits per heavy atom. The van der Waals surface area contributed by atoms with Crippen LogP contribution >= 0.6 is 0 Å². The molecule has 1 aromatic heterocycles. The van der Waals surface area contributed by atoms with Crippen LogP contribution in [0.15, 0.2) is 12.3 Å². The van der Waals surface area contributed by atoms with E-state index in [1.54, 1.807) is 0 Å². The first kappa shape index (κ1) is 12.6. The van der Waals surface area contributed by atoms with Crippen LogP contribution in [0, 0.1) is 0 Å². The minimum absolute atomic E-state index is 0.0883. The van der Waals surface area contributed by atoms with E-state index in [0.29, 0.717) is 12.1 Å². The molecule has 0 aromatic carbocycles. The summed E-state index contributed by atoms with van der Waals surface area (Å²) >= 11 is 0. The van der Waals surface area contributed by atoms with Gasteiger partial charge in [0, 0.05) is 18.8 Å². The maximum absolute atomic E-state index is 9.20. The van der Waals surface area contributed by atoms with Gasteiger partial charge in [0.25, 0.3) is 0 Å².